The maximum atomic E-state index is 14.0. The third-order valence-electron chi connectivity index (χ3n) is 3.97. The number of hydrogen-bond acceptors (Lipinski definition) is 5. The first-order valence-electron chi connectivity index (χ1n) is 7.86. The van der Waals surface area contributed by atoms with E-state index in [1.807, 2.05) is 6.92 Å². The summed E-state index contributed by atoms with van der Waals surface area (Å²) in [5.41, 5.74) is 4.22. The van der Waals surface area contributed by atoms with Crippen molar-refractivity contribution in [1.82, 2.24) is 16.0 Å². The number of nitrogens with one attached hydrogen (secondary N) is 4. The molecule has 1 saturated heterocycles. The molecule has 0 aliphatic carbocycles. The highest BCUT2D eigenvalue weighted by atomic mass is 32.2. The fraction of sp³-hybridized carbons (Fsp3) is 0.467. The Morgan fingerprint density at radius 2 is 1.89 bits per heavy atom. The zero-order valence-corrected chi connectivity index (χ0v) is 15.1. The van der Waals surface area contributed by atoms with Crippen molar-refractivity contribution in [2.45, 2.75) is 25.3 Å². The van der Waals surface area contributed by atoms with E-state index in [4.69, 9.17) is 5.53 Å². The van der Waals surface area contributed by atoms with Crippen molar-refractivity contribution in [1.29, 1.82) is 5.53 Å². The van der Waals surface area contributed by atoms with E-state index in [1.165, 1.54) is 0 Å². The Morgan fingerprint density at radius 1 is 1.30 bits per heavy atom. The number of halogens is 4. The van der Waals surface area contributed by atoms with Crippen LogP contribution in [-0.2, 0) is 4.79 Å². The van der Waals surface area contributed by atoms with Crippen LogP contribution < -0.4 is 16.0 Å². The third kappa shape index (κ3) is 4.49. The molecule has 148 valence electrons. The standard InChI is InChI=1S/C15H17F4N5O2S/c1-5-3-21-15(26)23-14(5)27-4-7(25)22-6(2)8-9(16)11(18)13(24-20)12(19)10(8)17/h5-6,14,20H,3-4H2,1-2H3,(H,22,25)(H2,21,23,26)/t5?,6-,14?/m0/s1. The summed E-state index contributed by atoms with van der Waals surface area (Å²) in [4.78, 5) is 23.3. The highest BCUT2D eigenvalue weighted by Crippen LogP contribution is 2.33. The molecule has 1 aromatic rings. The number of urea groups is 1. The number of rotatable bonds is 6. The fourth-order valence-corrected chi connectivity index (χ4v) is 3.55. The SMILES string of the molecule is CC1CNC(=O)NC1SCC(=O)N[C@@H](C)c1c(F)c(F)c(N=N)c(F)c1F. The molecule has 0 spiro atoms. The summed E-state index contributed by atoms with van der Waals surface area (Å²) in [6.45, 7) is 3.46. The summed E-state index contributed by atoms with van der Waals surface area (Å²) in [5.74, 6) is -7.80. The monoisotopic (exact) mass is 407 g/mol. The zero-order valence-electron chi connectivity index (χ0n) is 14.3. The van der Waals surface area contributed by atoms with Crippen molar-refractivity contribution < 1.29 is 27.2 Å². The Morgan fingerprint density at radius 3 is 2.44 bits per heavy atom. The highest BCUT2D eigenvalue weighted by Gasteiger charge is 2.30. The third-order valence-corrected chi connectivity index (χ3v) is 5.34. The van der Waals surface area contributed by atoms with Gasteiger partial charge in [-0.05, 0) is 6.92 Å². The summed E-state index contributed by atoms with van der Waals surface area (Å²) >= 11 is 1.12. The molecular formula is C15H17F4N5O2S. The van der Waals surface area contributed by atoms with E-state index in [0.29, 0.717) is 6.54 Å². The summed E-state index contributed by atoms with van der Waals surface area (Å²) in [6, 6.07) is -1.74. The summed E-state index contributed by atoms with van der Waals surface area (Å²) in [7, 11) is 0. The molecule has 2 rings (SSSR count). The van der Waals surface area contributed by atoms with Gasteiger partial charge in [0.05, 0.1) is 22.7 Å². The minimum absolute atomic E-state index is 0.0390. The predicted octanol–water partition coefficient (Wildman–Crippen LogP) is 3.09. The largest absolute Gasteiger partial charge is 0.349 e. The summed E-state index contributed by atoms with van der Waals surface area (Å²) in [6.07, 6.45) is 0. The maximum Gasteiger partial charge on any atom is 0.315 e. The number of nitrogens with zero attached hydrogens (tertiary/aromatic N) is 1. The van der Waals surface area contributed by atoms with Crippen LogP contribution >= 0.6 is 11.8 Å². The lowest BCUT2D eigenvalue weighted by atomic mass is 10.0. The Bertz CT molecular complexity index is 750. The van der Waals surface area contributed by atoms with Crippen LogP contribution in [0.15, 0.2) is 5.11 Å². The van der Waals surface area contributed by atoms with Crippen molar-refractivity contribution in [3.63, 3.8) is 0 Å². The van der Waals surface area contributed by atoms with E-state index in [1.54, 1.807) is 0 Å². The first-order chi connectivity index (χ1) is 12.7. The van der Waals surface area contributed by atoms with Gasteiger partial charge in [-0.3, -0.25) is 4.79 Å². The Labute approximate surface area is 156 Å². The van der Waals surface area contributed by atoms with Crippen LogP contribution in [0.3, 0.4) is 0 Å². The van der Waals surface area contributed by atoms with Gasteiger partial charge < -0.3 is 16.0 Å². The van der Waals surface area contributed by atoms with E-state index >= 15 is 0 Å². The van der Waals surface area contributed by atoms with E-state index in [0.717, 1.165) is 18.7 Å². The second-order valence-electron chi connectivity index (χ2n) is 5.98. The Kier molecular flexibility index (Phi) is 6.63. The normalized spacial score (nSPS) is 20.4. The molecule has 7 nitrogen and oxygen atoms in total. The van der Waals surface area contributed by atoms with Gasteiger partial charge in [0.25, 0.3) is 0 Å². The van der Waals surface area contributed by atoms with Crippen molar-refractivity contribution in [2.24, 2.45) is 11.0 Å². The lowest BCUT2D eigenvalue weighted by Crippen LogP contribution is -2.53. The van der Waals surface area contributed by atoms with E-state index in [-0.39, 0.29) is 23.1 Å². The first-order valence-corrected chi connectivity index (χ1v) is 8.90. The van der Waals surface area contributed by atoms with E-state index in [2.05, 4.69) is 21.1 Å². The minimum Gasteiger partial charge on any atom is -0.349 e. The van der Waals surface area contributed by atoms with Gasteiger partial charge in [-0.1, -0.05) is 6.92 Å². The number of benzene rings is 1. The Hall–Kier alpha value is -2.37. The number of hydrogen-bond donors (Lipinski definition) is 4. The molecule has 27 heavy (non-hydrogen) atoms. The molecule has 0 radical (unpaired) electrons. The molecule has 0 aromatic heterocycles. The van der Waals surface area contributed by atoms with Crippen LogP contribution in [0.5, 0.6) is 0 Å². The lowest BCUT2D eigenvalue weighted by Gasteiger charge is -2.29. The Balaban J connectivity index is 2.06. The van der Waals surface area contributed by atoms with Crippen molar-refractivity contribution >= 4 is 29.4 Å². The molecular weight excluding hydrogens is 390 g/mol. The summed E-state index contributed by atoms with van der Waals surface area (Å²) in [5, 5.41) is 9.60. The molecule has 12 heteroatoms. The van der Waals surface area contributed by atoms with Crippen LogP contribution in [0.1, 0.15) is 25.5 Å². The molecule has 1 aromatic carbocycles. The van der Waals surface area contributed by atoms with E-state index in [9.17, 15) is 27.2 Å². The van der Waals surface area contributed by atoms with Gasteiger partial charge in [-0.15, -0.1) is 11.8 Å². The number of thioether (sulfide) groups is 1. The minimum atomic E-state index is -1.80. The number of carbonyl (C=O) groups excluding carboxylic acids is 2. The average molecular weight is 407 g/mol. The number of carbonyl (C=O) groups is 2. The van der Waals surface area contributed by atoms with Crippen molar-refractivity contribution in [3.05, 3.63) is 28.8 Å². The van der Waals surface area contributed by atoms with Gasteiger partial charge in [0.15, 0.2) is 29.0 Å². The molecule has 4 N–H and O–H groups in total. The molecule has 1 aliphatic rings. The maximum absolute atomic E-state index is 14.0. The van der Waals surface area contributed by atoms with Gasteiger partial charge in [0.1, 0.15) is 0 Å². The molecule has 3 amide bonds. The molecule has 2 unspecified atom stereocenters. The van der Waals surface area contributed by atoms with E-state index < -0.39 is 46.5 Å². The van der Waals surface area contributed by atoms with Gasteiger partial charge in [-0.2, -0.15) is 5.11 Å². The van der Waals surface area contributed by atoms with Crippen LogP contribution in [0, 0.1) is 34.7 Å². The van der Waals surface area contributed by atoms with Crippen molar-refractivity contribution in [3.8, 4) is 0 Å². The van der Waals surface area contributed by atoms with Crippen LogP contribution in [0.2, 0.25) is 0 Å². The van der Waals surface area contributed by atoms with Gasteiger partial charge >= 0.3 is 6.03 Å². The lowest BCUT2D eigenvalue weighted by molar-refractivity contribution is -0.119. The molecule has 1 fully saturated rings. The molecule has 0 bridgehead atoms. The fourth-order valence-electron chi connectivity index (χ4n) is 2.53. The van der Waals surface area contributed by atoms with Gasteiger partial charge in [0.2, 0.25) is 5.91 Å². The molecule has 1 aliphatic heterocycles. The first kappa shape index (κ1) is 20.9. The van der Waals surface area contributed by atoms with Crippen LogP contribution in [0.25, 0.3) is 0 Å². The highest BCUT2D eigenvalue weighted by molar-refractivity contribution is 8.00. The average Bonchev–Trinajstić information content (AvgIpc) is 2.61. The second-order valence-corrected chi connectivity index (χ2v) is 7.11. The second kappa shape index (κ2) is 8.55. The zero-order chi connectivity index (χ0) is 20.3. The molecule has 3 atom stereocenters. The van der Waals surface area contributed by atoms with Crippen molar-refractivity contribution in [2.75, 3.05) is 12.3 Å². The topological polar surface area (TPSA) is 106 Å². The number of amides is 3. The van der Waals surface area contributed by atoms with Gasteiger partial charge in [-0.25, -0.2) is 27.9 Å². The smallest absolute Gasteiger partial charge is 0.315 e. The van der Waals surface area contributed by atoms with Crippen LogP contribution in [-0.4, -0.2) is 29.6 Å². The predicted molar refractivity (Wildman–Crippen MR) is 89.6 cm³/mol. The van der Waals surface area contributed by atoms with Crippen LogP contribution in [0.4, 0.5) is 28.0 Å². The molecule has 0 saturated carbocycles. The quantitative estimate of drug-likeness (QED) is 0.331. The molecule has 1 heterocycles. The van der Waals surface area contributed by atoms with Gasteiger partial charge in [0, 0.05) is 12.5 Å². The summed E-state index contributed by atoms with van der Waals surface area (Å²) < 4.78 is 55.5.